The van der Waals surface area contributed by atoms with Crippen LogP contribution in [0.15, 0.2) is 40.2 Å². The smallest absolute Gasteiger partial charge is 0.0920 e. The Morgan fingerprint density at radius 1 is 1.24 bits per heavy atom. The van der Waals surface area contributed by atoms with Gasteiger partial charge in [-0.1, -0.05) is 24.3 Å². The Morgan fingerprint density at radius 3 is 2.65 bits per heavy atom. The predicted molar refractivity (Wildman–Crippen MR) is 78.5 cm³/mol. The van der Waals surface area contributed by atoms with E-state index in [9.17, 15) is 0 Å². The first-order chi connectivity index (χ1) is 8.19. The highest BCUT2D eigenvalue weighted by Gasteiger charge is 2.05. The van der Waals surface area contributed by atoms with Crippen molar-refractivity contribution in [1.29, 1.82) is 0 Å². The van der Waals surface area contributed by atoms with E-state index in [0.717, 1.165) is 10.3 Å². The Bertz CT molecular complexity index is 496. The van der Waals surface area contributed by atoms with Gasteiger partial charge in [-0.15, -0.1) is 11.3 Å². The summed E-state index contributed by atoms with van der Waals surface area (Å²) in [5, 5.41) is 1.26. The minimum absolute atomic E-state index is 0.599. The lowest BCUT2D eigenvalue weighted by atomic mass is 10.1. The van der Waals surface area contributed by atoms with Crippen molar-refractivity contribution in [1.82, 2.24) is 0 Å². The summed E-state index contributed by atoms with van der Waals surface area (Å²) >= 11 is 5.23. The second-order valence-electron chi connectivity index (χ2n) is 3.96. The highest BCUT2D eigenvalue weighted by molar-refractivity contribution is 9.11. The van der Waals surface area contributed by atoms with Crippen LogP contribution in [0.5, 0.6) is 0 Å². The van der Waals surface area contributed by atoms with Gasteiger partial charge in [0.2, 0.25) is 0 Å². The first-order valence-corrected chi connectivity index (χ1v) is 7.04. The molecule has 2 nitrogen and oxygen atoms in total. The maximum Gasteiger partial charge on any atom is 0.0920 e. The molecule has 1 aromatic heterocycles. The van der Waals surface area contributed by atoms with E-state index in [0.29, 0.717) is 6.54 Å². The van der Waals surface area contributed by atoms with E-state index in [1.165, 1.54) is 16.1 Å². The molecule has 0 amide bonds. The molecule has 0 bridgehead atoms. The van der Waals surface area contributed by atoms with Crippen molar-refractivity contribution in [2.45, 2.75) is 13.1 Å². The molecular formula is C13H15BrN2S. The molecule has 0 saturated heterocycles. The normalized spacial score (nSPS) is 10.5. The lowest BCUT2D eigenvalue weighted by molar-refractivity contribution is 0.928. The third-order valence-electron chi connectivity index (χ3n) is 2.58. The van der Waals surface area contributed by atoms with Gasteiger partial charge in [-0.25, -0.2) is 0 Å². The molecule has 0 radical (unpaired) electrons. The number of anilines is 1. The van der Waals surface area contributed by atoms with Crippen LogP contribution in [0.3, 0.4) is 0 Å². The number of hydrogen-bond acceptors (Lipinski definition) is 3. The minimum atomic E-state index is 0.599. The zero-order valence-corrected chi connectivity index (χ0v) is 12.1. The zero-order chi connectivity index (χ0) is 12.3. The van der Waals surface area contributed by atoms with Crippen LogP contribution >= 0.6 is 27.3 Å². The highest BCUT2D eigenvalue weighted by atomic mass is 79.9. The molecule has 0 aliphatic carbocycles. The second-order valence-corrected chi connectivity index (χ2v) is 6.40. The predicted octanol–water partition coefficient (Wildman–Crippen LogP) is 3.61. The minimum Gasteiger partial charge on any atom is -0.362 e. The molecule has 0 saturated carbocycles. The number of nitrogens with two attached hydrogens (primary N) is 1. The Kier molecular flexibility index (Phi) is 4.20. The molecule has 2 rings (SSSR count). The number of benzene rings is 1. The van der Waals surface area contributed by atoms with E-state index in [2.05, 4.69) is 64.3 Å². The van der Waals surface area contributed by atoms with Crippen molar-refractivity contribution in [3.8, 4) is 0 Å². The van der Waals surface area contributed by atoms with Crippen LogP contribution in [-0.2, 0) is 13.1 Å². The molecule has 0 unspecified atom stereocenters. The average molecular weight is 311 g/mol. The largest absolute Gasteiger partial charge is 0.362 e. The summed E-state index contributed by atoms with van der Waals surface area (Å²) in [4.78, 5) is 2.24. The fraction of sp³-hybridized carbons (Fsp3) is 0.231. The van der Waals surface area contributed by atoms with Gasteiger partial charge < -0.3 is 10.6 Å². The average Bonchev–Trinajstić information content (AvgIpc) is 2.76. The van der Waals surface area contributed by atoms with Crippen molar-refractivity contribution in [3.05, 3.63) is 51.3 Å². The van der Waals surface area contributed by atoms with E-state index in [-0.39, 0.29) is 0 Å². The van der Waals surface area contributed by atoms with Crippen molar-refractivity contribution < 1.29 is 0 Å². The van der Waals surface area contributed by atoms with Crippen LogP contribution in [-0.4, -0.2) is 7.05 Å². The first kappa shape index (κ1) is 12.6. The van der Waals surface area contributed by atoms with Gasteiger partial charge >= 0.3 is 0 Å². The number of hydrogen-bond donors (Lipinski definition) is 1. The van der Waals surface area contributed by atoms with E-state index in [1.54, 1.807) is 11.3 Å². The molecule has 0 fully saturated rings. The van der Waals surface area contributed by atoms with E-state index in [1.807, 2.05) is 0 Å². The lowest BCUT2D eigenvalue weighted by Gasteiger charge is -2.17. The third-order valence-corrected chi connectivity index (χ3v) is 4.32. The van der Waals surface area contributed by atoms with Gasteiger partial charge in [0.25, 0.3) is 0 Å². The Labute approximate surface area is 114 Å². The van der Waals surface area contributed by atoms with Crippen molar-refractivity contribution in [2.24, 2.45) is 5.73 Å². The number of halogens is 1. The van der Waals surface area contributed by atoms with Crippen molar-refractivity contribution in [3.63, 3.8) is 0 Å². The van der Waals surface area contributed by atoms with E-state index >= 15 is 0 Å². The first-order valence-electron chi connectivity index (χ1n) is 5.43. The SMILES string of the molecule is CN(Cc1cccc(CN)c1)c1ccc(Br)s1. The van der Waals surface area contributed by atoms with Gasteiger partial charge in [-0.2, -0.15) is 0 Å². The summed E-state index contributed by atoms with van der Waals surface area (Å²) in [6, 6.07) is 12.6. The topological polar surface area (TPSA) is 29.3 Å². The van der Waals surface area contributed by atoms with Gasteiger partial charge in [-0.05, 0) is 39.2 Å². The summed E-state index contributed by atoms with van der Waals surface area (Å²) in [6.45, 7) is 1.50. The van der Waals surface area contributed by atoms with Crippen molar-refractivity contribution in [2.75, 3.05) is 11.9 Å². The monoisotopic (exact) mass is 310 g/mol. The molecule has 2 N–H and O–H groups in total. The summed E-state index contributed by atoms with van der Waals surface area (Å²) in [6.07, 6.45) is 0. The Morgan fingerprint density at radius 2 is 2.00 bits per heavy atom. The molecule has 0 aliphatic heterocycles. The molecule has 2 aromatic rings. The van der Waals surface area contributed by atoms with E-state index < -0.39 is 0 Å². The number of rotatable bonds is 4. The number of thiophene rings is 1. The molecule has 0 aliphatic rings. The van der Waals surface area contributed by atoms with Crippen LogP contribution in [0.4, 0.5) is 5.00 Å². The molecule has 90 valence electrons. The molecule has 0 spiro atoms. The third kappa shape index (κ3) is 3.31. The van der Waals surface area contributed by atoms with Crippen LogP contribution in [0, 0.1) is 0 Å². The standard InChI is InChI=1S/C13H15BrN2S/c1-16(13-6-5-12(14)17-13)9-11-4-2-3-10(7-11)8-15/h2-7H,8-9,15H2,1H3. The van der Waals surface area contributed by atoms with Gasteiger partial charge in [-0.3, -0.25) is 0 Å². The zero-order valence-electron chi connectivity index (χ0n) is 9.69. The lowest BCUT2D eigenvalue weighted by Crippen LogP contribution is -2.15. The molecular weight excluding hydrogens is 296 g/mol. The summed E-state index contributed by atoms with van der Waals surface area (Å²) in [5.74, 6) is 0. The fourth-order valence-electron chi connectivity index (χ4n) is 1.72. The van der Waals surface area contributed by atoms with Crippen LogP contribution in [0.2, 0.25) is 0 Å². The van der Waals surface area contributed by atoms with E-state index in [4.69, 9.17) is 5.73 Å². The molecule has 4 heteroatoms. The maximum absolute atomic E-state index is 5.65. The highest BCUT2D eigenvalue weighted by Crippen LogP contribution is 2.29. The van der Waals surface area contributed by atoms with Gasteiger partial charge in [0, 0.05) is 20.1 Å². The molecule has 17 heavy (non-hydrogen) atoms. The van der Waals surface area contributed by atoms with Gasteiger partial charge in [0.05, 0.1) is 8.79 Å². The summed E-state index contributed by atoms with van der Waals surface area (Å²) < 4.78 is 1.16. The van der Waals surface area contributed by atoms with Crippen LogP contribution in [0.1, 0.15) is 11.1 Å². The Balaban J connectivity index is 2.09. The van der Waals surface area contributed by atoms with Gasteiger partial charge in [0.1, 0.15) is 0 Å². The molecule has 1 aromatic carbocycles. The summed E-state index contributed by atoms with van der Waals surface area (Å²) in [5.41, 5.74) is 8.12. The van der Waals surface area contributed by atoms with Crippen LogP contribution < -0.4 is 10.6 Å². The quantitative estimate of drug-likeness (QED) is 0.935. The molecule has 0 atom stereocenters. The maximum atomic E-state index is 5.65. The van der Waals surface area contributed by atoms with Gasteiger partial charge in [0.15, 0.2) is 0 Å². The number of nitrogens with zero attached hydrogens (tertiary/aromatic N) is 1. The van der Waals surface area contributed by atoms with Crippen LogP contribution in [0.25, 0.3) is 0 Å². The van der Waals surface area contributed by atoms with Crippen molar-refractivity contribution >= 4 is 32.3 Å². The molecule has 1 heterocycles. The second kappa shape index (κ2) is 5.67. The summed E-state index contributed by atoms with van der Waals surface area (Å²) in [7, 11) is 2.10. The fourth-order valence-corrected chi connectivity index (χ4v) is 3.04. The Hall–Kier alpha value is -0.840.